The molecule has 0 heterocycles. The Hall–Kier alpha value is -1.75. The van der Waals surface area contributed by atoms with E-state index < -0.39 is 11.7 Å². The number of nitrogens with two attached hydrogens (primary N) is 1. The van der Waals surface area contributed by atoms with Crippen LogP contribution in [0.2, 0.25) is 5.02 Å². The van der Waals surface area contributed by atoms with Crippen LogP contribution in [0.5, 0.6) is 0 Å². The summed E-state index contributed by atoms with van der Waals surface area (Å²) in [6.45, 7) is 5.32. The minimum atomic E-state index is -0.570. The highest BCUT2D eigenvalue weighted by Gasteiger charge is 2.16. The molecule has 0 unspecified atom stereocenters. The summed E-state index contributed by atoms with van der Waals surface area (Å²) in [5, 5.41) is 10.3. The lowest BCUT2D eigenvalue weighted by Gasteiger charge is -2.19. The van der Waals surface area contributed by atoms with E-state index in [2.05, 4.69) is 5.32 Å². The maximum Gasteiger partial charge on any atom is 0.412 e. The summed E-state index contributed by atoms with van der Waals surface area (Å²) in [6.07, 6.45) is -0.570. The molecule has 1 aromatic carbocycles. The van der Waals surface area contributed by atoms with Gasteiger partial charge < -0.3 is 10.5 Å². The second-order valence-corrected chi connectivity index (χ2v) is 5.14. The molecule has 98 valence electrons. The lowest BCUT2D eigenvalue weighted by molar-refractivity contribution is 0.0636. The molecule has 5 nitrogen and oxygen atoms in total. The largest absolute Gasteiger partial charge is 0.444 e. The third-order valence-corrected chi connectivity index (χ3v) is 2.23. The van der Waals surface area contributed by atoms with Crippen LogP contribution in [0.15, 0.2) is 18.2 Å². The van der Waals surface area contributed by atoms with Crippen molar-refractivity contribution in [2.24, 2.45) is 5.73 Å². The fraction of sp³-hybridized carbons (Fsp3) is 0.333. The first-order valence-electron chi connectivity index (χ1n) is 5.33. The summed E-state index contributed by atoms with van der Waals surface area (Å²) in [7, 11) is 0. The van der Waals surface area contributed by atoms with E-state index in [0.29, 0.717) is 16.3 Å². The number of nitrogens with one attached hydrogen (secondary N) is 2. The topological polar surface area (TPSA) is 88.2 Å². The van der Waals surface area contributed by atoms with Gasteiger partial charge in [-0.15, -0.1) is 0 Å². The molecule has 0 aliphatic heterocycles. The summed E-state index contributed by atoms with van der Waals surface area (Å²) in [6, 6.07) is 4.69. The Labute approximate surface area is 111 Å². The van der Waals surface area contributed by atoms with Crippen molar-refractivity contribution in [2.75, 3.05) is 5.32 Å². The van der Waals surface area contributed by atoms with Crippen LogP contribution in [0.25, 0.3) is 0 Å². The van der Waals surface area contributed by atoms with Crippen molar-refractivity contribution >= 4 is 29.2 Å². The molecule has 0 aromatic heterocycles. The van der Waals surface area contributed by atoms with Gasteiger partial charge in [0, 0.05) is 11.3 Å². The zero-order valence-corrected chi connectivity index (χ0v) is 11.3. The van der Waals surface area contributed by atoms with Crippen molar-refractivity contribution in [3.63, 3.8) is 0 Å². The number of hydrogen-bond donors (Lipinski definition) is 3. The van der Waals surface area contributed by atoms with Crippen LogP contribution in [-0.2, 0) is 4.74 Å². The number of hydrogen-bond acceptors (Lipinski definition) is 3. The molecule has 0 radical (unpaired) electrons. The third-order valence-electron chi connectivity index (χ3n) is 1.90. The molecule has 0 saturated carbocycles. The van der Waals surface area contributed by atoms with Crippen molar-refractivity contribution in [1.82, 2.24) is 0 Å². The molecular weight excluding hydrogens is 254 g/mol. The first-order valence-corrected chi connectivity index (χ1v) is 5.71. The molecule has 0 bridgehead atoms. The number of amides is 1. The number of amidine groups is 1. The minimum Gasteiger partial charge on any atom is -0.444 e. The Morgan fingerprint density at radius 2 is 2.06 bits per heavy atom. The molecule has 1 aromatic rings. The van der Waals surface area contributed by atoms with Gasteiger partial charge >= 0.3 is 6.09 Å². The SMILES string of the molecule is CC(C)(C)OC(=O)Nc1ccc(Cl)c(C(=N)N)c1. The van der Waals surface area contributed by atoms with Gasteiger partial charge in [0.2, 0.25) is 0 Å². The van der Waals surface area contributed by atoms with Crippen molar-refractivity contribution in [3.8, 4) is 0 Å². The Kier molecular flexibility index (Phi) is 4.19. The monoisotopic (exact) mass is 269 g/mol. The molecule has 4 N–H and O–H groups in total. The highest BCUT2D eigenvalue weighted by Crippen LogP contribution is 2.20. The quantitative estimate of drug-likeness (QED) is 0.570. The molecule has 18 heavy (non-hydrogen) atoms. The number of rotatable bonds is 2. The second-order valence-electron chi connectivity index (χ2n) is 4.74. The number of benzene rings is 1. The summed E-state index contributed by atoms with van der Waals surface area (Å²) in [5.41, 5.74) is 5.64. The van der Waals surface area contributed by atoms with Crippen LogP contribution >= 0.6 is 11.6 Å². The number of ether oxygens (including phenoxy) is 1. The number of nitrogen functional groups attached to an aromatic ring is 1. The van der Waals surface area contributed by atoms with Crippen LogP contribution in [-0.4, -0.2) is 17.5 Å². The van der Waals surface area contributed by atoms with Crippen molar-refractivity contribution in [3.05, 3.63) is 28.8 Å². The molecule has 6 heteroatoms. The first kappa shape index (κ1) is 14.3. The highest BCUT2D eigenvalue weighted by molar-refractivity contribution is 6.34. The standard InChI is InChI=1S/C12H16ClN3O2/c1-12(2,3)18-11(17)16-7-4-5-9(13)8(6-7)10(14)15/h4-6H,1-3H3,(H3,14,15)(H,16,17). The molecule has 0 aliphatic rings. The molecule has 1 amide bonds. The molecule has 0 atom stereocenters. The van der Waals surface area contributed by atoms with Gasteiger partial charge in [0.25, 0.3) is 0 Å². The number of carbonyl (C=O) groups is 1. The van der Waals surface area contributed by atoms with Gasteiger partial charge in [-0.2, -0.15) is 0 Å². The van der Waals surface area contributed by atoms with Gasteiger partial charge in [-0.05, 0) is 39.0 Å². The number of halogens is 1. The summed E-state index contributed by atoms with van der Waals surface area (Å²) < 4.78 is 5.10. The van der Waals surface area contributed by atoms with Crippen molar-refractivity contribution in [1.29, 1.82) is 5.41 Å². The summed E-state index contributed by atoms with van der Waals surface area (Å²) in [5.74, 6) is -0.159. The van der Waals surface area contributed by atoms with E-state index in [1.165, 1.54) is 6.07 Å². The van der Waals surface area contributed by atoms with E-state index in [9.17, 15) is 4.79 Å². The highest BCUT2D eigenvalue weighted by atomic mass is 35.5. The van der Waals surface area contributed by atoms with Gasteiger partial charge in [-0.3, -0.25) is 10.7 Å². The first-order chi connectivity index (χ1) is 8.19. The molecular formula is C12H16ClN3O2. The predicted octanol–water partition coefficient (Wildman–Crippen LogP) is 2.97. The summed E-state index contributed by atoms with van der Waals surface area (Å²) >= 11 is 5.87. The fourth-order valence-corrected chi connectivity index (χ4v) is 1.45. The van der Waals surface area contributed by atoms with E-state index in [4.69, 9.17) is 27.5 Å². The molecule has 0 fully saturated rings. The zero-order chi connectivity index (χ0) is 13.9. The maximum absolute atomic E-state index is 11.5. The third kappa shape index (κ3) is 4.25. The molecule has 0 saturated heterocycles. The fourth-order valence-electron chi connectivity index (χ4n) is 1.23. The Bertz CT molecular complexity index is 481. The normalized spacial score (nSPS) is 10.9. The van der Waals surface area contributed by atoms with Gasteiger partial charge in [0.05, 0.1) is 5.02 Å². The lowest BCUT2D eigenvalue weighted by Crippen LogP contribution is -2.27. The van der Waals surface area contributed by atoms with E-state index in [1.54, 1.807) is 32.9 Å². The average Bonchev–Trinajstić information content (AvgIpc) is 2.17. The average molecular weight is 270 g/mol. The van der Waals surface area contributed by atoms with Crippen molar-refractivity contribution in [2.45, 2.75) is 26.4 Å². The van der Waals surface area contributed by atoms with Crippen molar-refractivity contribution < 1.29 is 9.53 Å². The Morgan fingerprint density at radius 1 is 1.44 bits per heavy atom. The van der Waals surface area contributed by atoms with E-state index >= 15 is 0 Å². The second kappa shape index (κ2) is 5.27. The van der Waals surface area contributed by atoms with Crippen LogP contribution in [0, 0.1) is 5.41 Å². The maximum atomic E-state index is 11.5. The van der Waals surface area contributed by atoms with Gasteiger partial charge in [-0.25, -0.2) is 4.79 Å². The van der Waals surface area contributed by atoms with Gasteiger partial charge in [0.1, 0.15) is 11.4 Å². The van der Waals surface area contributed by atoms with Gasteiger partial charge in [-0.1, -0.05) is 11.6 Å². The van der Waals surface area contributed by atoms with E-state index in [-0.39, 0.29) is 5.84 Å². The summed E-state index contributed by atoms with van der Waals surface area (Å²) in [4.78, 5) is 11.5. The number of carbonyl (C=O) groups excluding carboxylic acids is 1. The van der Waals surface area contributed by atoms with Crippen LogP contribution in [0.3, 0.4) is 0 Å². The van der Waals surface area contributed by atoms with Crippen LogP contribution in [0.4, 0.5) is 10.5 Å². The van der Waals surface area contributed by atoms with E-state index in [0.717, 1.165) is 0 Å². The Morgan fingerprint density at radius 3 is 2.56 bits per heavy atom. The lowest BCUT2D eigenvalue weighted by atomic mass is 10.2. The minimum absolute atomic E-state index is 0.159. The smallest absolute Gasteiger partial charge is 0.412 e. The molecule has 0 aliphatic carbocycles. The Balaban J connectivity index is 2.83. The van der Waals surface area contributed by atoms with E-state index in [1.807, 2.05) is 0 Å². The molecule has 1 rings (SSSR count). The molecule has 0 spiro atoms. The van der Waals surface area contributed by atoms with Crippen LogP contribution in [0.1, 0.15) is 26.3 Å². The number of anilines is 1. The van der Waals surface area contributed by atoms with Crippen LogP contribution < -0.4 is 11.1 Å². The zero-order valence-electron chi connectivity index (χ0n) is 10.5. The van der Waals surface area contributed by atoms with Gasteiger partial charge in [0.15, 0.2) is 0 Å². The predicted molar refractivity (Wildman–Crippen MR) is 72.3 cm³/mol.